The van der Waals surface area contributed by atoms with Crippen molar-refractivity contribution in [1.29, 1.82) is 5.41 Å². The van der Waals surface area contributed by atoms with Gasteiger partial charge in [-0.1, -0.05) is 77.3 Å². The van der Waals surface area contributed by atoms with Crippen molar-refractivity contribution in [3.63, 3.8) is 0 Å². The Morgan fingerprint density at radius 3 is 2.38 bits per heavy atom. The van der Waals surface area contributed by atoms with Gasteiger partial charge in [0.15, 0.2) is 0 Å². The van der Waals surface area contributed by atoms with Crippen LogP contribution in [0.15, 0.2) is 89.9 Å². The summed E-state index contributed by atoms with van der Waals surface area (Å²) >= 11 is 19.6. The summed E-state index contributed by atoms with van der Waals surface area (Å²) in [5, 5.41) is 36.6. The zero-order chi connectivity index (χ0) is 33.1. The quantitative estimate of drug-likeness (QED) is 0.157. The first-order chi connectivity index (χ1) is 21.2. The second kappa shape index (κ2) is 13.7. The van der Waals surface area contributed by atoms with Crippen molar-refractivity contribution < 1.29 is 28.5 Å². The van der Waals surface area contributed by atoms with Crippen LogP contribution in [0.2, 0.25) is 15.1 Å². The lowest BCUT2D eigenvalue weighted by Crippen LogP contribution is -2.43. The van der Waals surface area contributed by atoms with Crippen LogP contribution in [-0.2, 0) is 20.7 Å². The molecule has 5 N–H and O–H groups in total. The van der Waals surface area contributed by atoms with E-state index in [-0.39, 0.29) is 54.6 Å². The predicted molar refractivity (Wildman–Crippen MR) is 171 cm³/mol. The fourth-order valence-corrected chi connectivity index (χ4v) is 5.43. The Balaban J connectivity index is 1.83. The van der Waals surface area contributed by atoms with Crippen LogP contribution in [0.3, 0.4) is 0 Å². The zero-order valence-corrected chi connectivity index (χ0v) is 26.5. The highest BCUT2D eigenvalue weighted by Gasteiger charge is 2.37. The number of allylic oxidation sites excluding steroid dienone is 2. The lowest BCUT2D eigenvalue weighted by molar-refractivity contribution is -0.118. The van der Waals surface area contributed by atoms with Crippen molar-refractivity contribution in [3.05, 3.63) is 122 Å². The molecule has 1 atom stereocenters. The highest BCUT2D eigenvalue weighted by atomic mass is 35.5. The van der Waals surface area contributed by atoms with Crippen LogP contribution in [0.5, 0.6) is 0 Å². The third-order valence-electron chi connectivity index (χ3n) is 6.98. The summed E-state index contributed by atoms with van der Waals surface area (Å²) in [4.78, 5) is 18.1. The predicted octanol–water partition coefficient (Wildman–Crippen LogP) is 6.47. The SMILES string of the molecule is COC1=CC(C(=O)NC[C@@](O)(c2ccccc2)c2cc(C(C)(C)O)c(Cl)c(-c3cccc(Cl)c3Cl)n2)=C/C(=C/NC(F)F)C1=N. The average Bonchev–Trinajstić information content (AvgIpc) is 3.00. The maximum atomic E-state index is 13.4. The molecule has 236 valence electrons. The second-order valence-corrected chi connectivity index (χ2v) is 11.7. The van der Waals surface area contributed by atoms with Crippen LogP contribution < -0.4 is 10.6 Å². The molecule has 1 aliphatic carbocycles. The van der Waals surface area contributed by atoms with Crippen molar-refractivity contribution in [3.8, 4) is 11.3 Å². The van der Waals surface area contributed by atoms with Gasteiger partial charge in [-0.2, -0.15) is 8.78 Å². The standard InChI is InChI=1S/C32H29Cl3F2N4O4/c1-31(2,43)21-14-24(41-28(26(21)35)20-10-7-11-22(33)25(20)34)32(44,19-8-5-4-6-9-19)16-40-29(42)17-12-18(15-39-30(36)37)27(38)23(13-17)45-3/h4-15,30,38-39,43-44H,16H2,1-3H3,(H,40,42)/b18-15-,38-27?/t32-/m1/s1. The number of nitrogens with one attached hydrogen (secondary N) is 3. The van der Waals surface area contributed by atoms with Crippen molar-refractivity contribution in [1.82, 2.24) is 15.6 Å². The number of pyridine rings is 1. The van der Waals surface area contributed by atoms with E-state index in [4.69, 9.17) is 49.9 Å². The third-order valence-corrected chi connectivity index (χ3v) is 8.18. The van der Waals surface area contributed by atoms with Gasteiger partial charge in [0, 0.05) is 28.5 Å². The molecule has 45 heavy (non-hydrogen) atoms. The second-order valence-electron chi connectivity index (χ2n) is 10.5. The van der Waals surface area contributed by atoms with E-state index in [9.17, 15) is 23.8 Å². The number of halogens is 5. The van der Waals surface area contributed by atoms with Crippen LogP contribution in [0.1, 0.15) is 30.7 Å². The summed E-state index contributed by atoms with van der Waals surface area (Å²) in [7, 11) is 1.28. The topological polar surface area (TPSA) is 128 Å². The van der Waals surface area contributed by atoms with E-state index in [1.165, 1.54) is 39.2 Å². The number of aliphatic hydroxyl groups is 2. The van der Waals surface area contributed by atoms with E-state index in [2.05, 4.69) is 5.32 Å². The minimum atomic E-state index is -2.89. The summed E-state index contributed by atoms with van der Waals surface area (Å²) < 4.78 is 30.8. The molecular weight excluding hydrogens is 649 g/mol. The number of aromatic nitrogens is 1. The Kier molecular flexibility index (Phi) is 10.4. The minimum Gasteiger partial charge on any atom is -0.494 e. The Morgan fingerprint density at radius 1 is 1.07 bits per heavy atom. The van der Waals surface area contributed by atoms with Crippen LogP contribution in [0, 0.1) is 5.41 Å². The maximum Gasteiger partial charge on any atom is 0.312 e. The molecule has 8 nitrogen and oxygen atoms in total. The van der Waals surface area contributed by atoms with Gasteiger partial charge in [0.1, 0.15) is 17.1 Å². The fraction of sp³-hybridized carbons (Fsp3) is 0.219. The number of nitrogens with zero attached hydrogens (tertiary/aromatic N) is 1. The molecule has 0 radical (unpaired) electrons. The number of hydrogen-bond acceptors (Lipinski definition) is 7. The summed E-state index contributed by atoms with van der Waals surface area (Å²) in [6, 6.07) is 14.7. The normalized spacial score (nSPS) is 15.8. The summed E-state index contributed by atoms with van der Waals surface area (Å²) in [5.41, 5.74) is -2.65. The molecule has 1 aliphatic rings. The fourth-order valence-electron chi connectivity index (χ4n) is 4.61. The number of hydrogen-bond donors (Lipinski definition) is 5. The molecule has 0 spiro atoms. The van der Waals surface area contributed by atoms with Crippen LogP contribution in [0.25, 0.3) is 11.3 Å². The number of ether oxygens (including phenoxy) is 1. The lowest BCUT2D eigenvalue weighted by Gasteiger charge is -2.31. The van der Waals surface area contributed by atoms with E-state index >= 15 is 0 Å². The first kappa shape index (κ1) is 34.1. The van der Waals surface area contributed by atoms with Crippen molar-refractivity contribution >= 4 is 46.4 Å². The van der Waals surface area contributed by atoms with Gasteiger partial charge >= 0.3 is 6.55 Å². The van der Waals surface area contributed by atoms with Gasteiger partial charge in [-0.15, -0.1) is 0 Å². The molecule has 1 amide bonds. The van der Waals surface area contributed by atoms with Gasteiger partial charge in [0.25, 0.3) is 5.91 Å². The van der Waals surface area contributed by atoms with E-state index in [0.29, 0.717) is 11.1 Å². The number of carbonyl (C=O) groups excluding carboxylic acids is 1. The van der Waals surface area contributed by atoms with Crippen LogP contribution in [0.4, 0.5) is 8.78 Å². The van der Waals surface area contributed by atoms with Crippen LogP contribution in [-0.4, -0.2) is 47.0 Å². The van der Waals surface area contributed by atoms with Gasteiger partial charge in [0.05, 0.1) is 45.7 Å². The zero-order valence-electron chi connectivity index (χ0n) is 24.3. The van der Waals surface area contributed by atoms with E-state index in [1.54, 1.807) is 53.8 Å². The Morgan fingerprint density at radius 2 is 1.76 bits per heavy atom. The smallest absolute Gasteiger partial charge is 0.312 e. The molecule has 0 aliphatic heterocycles. The van der Waals surface area contributed by atoms with Gasteiger partial charge in [-0.3, -0.25) is 10.2 Å². The summed E-state index contributed by atoms with van der Waals surface area (Å²) in [6.45, 7) is -0.282. The minimum absolute atomic E-state index is 0.0182. The number of rotatable bonds is 10. The number of alkyl halides is 2. The van der Waals surface area contributed by atoms with Crippen molar-refractivity contribution in [2.24, 2.45) is 0 Å². The molecule has 1 heterocycles. The summed E-state index contributed by atoms with van der Waals surface area (Å²) in [5.74, 6) is -0.732. The van der Waals surface area contributed by atoms with Gasteiger partial charge < -0.3 is 25.6 Å². The van der Waals surface area contributed by atoms with Gasteiger partial charge in [-0.25, -0.2) is 4.98 Å². The maximum absolute atomic E-state index is 13.4. The largest absolute Gasteiger partial charge is 0.494 e. The molecule has 0 saturated carbocycles. The molecule has 0 unspecified atom stereocenters. The van der Waals surface area contributed by atoms with Crippen molar-refractivity contribution in [2.45, 2.75) is 31.6 Å². The molecule has 0 saturated heterocycles. The van der Waals surface area contributed by atoms with E-state index in [0.717, 1.165) is 6.20 Å². The number of benzene rings is 2. The number of methoxy groups -OCH3 is 1. The van der Waals surface area contributed by atoms with Gasteiger partial charge in [0.2, 0.25) is 0 Å². The third kappa shape index (κ3) is 7.37. The first-order valence-electron chi connectivity index (χ1n) is 13.4. The highest BCUT2D eigenvalue weighted by molar-refractivity contribution is 6.44. The van der Waals surface area contributed by atoms with Gasteiger partial charge in [-0.05, 0) is 43.7 Å². The van der Waals surface area contributed by atoms with Crippen LogP contribution >= 0.6 is 34.8 Å². The molecule has 4 rings (SSSR count). The molecule has 0 bridgehead atoms. The first-order valence-corrected chi connectivity index (χ1v) is 14.6. The molecule has 2 aromatic carbocycles. The molecule has 13 heteroatoms. The highest BCUT2D eigenvalue weighted by Crippen LogP contribution is 2.42. The van der Waals surface area contributed by atoms with E-state index < -0.39 is 30.2 Å². The molecular formula is C32H29Cl3F2N4O4. The Bertz CT molecular complexity index is 1720. The average molecular weight is 678 g/mol. The van der Waals surface area contributed by atoms with E-state index in [1.807, 2.05) is 0 Å². The molecule has 1 aromatic heterocycles. The number of amides is 1. The molecule has 0 fully saturated rings. The lowest BCUT2D eigenvalue weighted by atomic mass is 9.86. The Labute approximate surface area is 273 Å². The monoisotopic (exact) mass is 676 g/mol. The summed E-state index contributed by atoms with van der Waals surface area (Å²) in [6.07, 6.45) is 3.43. The molecule has 3 aromatic rings. The number of carbonyl (C=O) groups is 1. The Hall–Kier alpha value is -3.80. The van der Waals surface area contributed by atoms with Crippen molar-refractivity contribution in [2.75, 3.05) is 13.7 Å².